The minimum atomic E-state index is -4.32. The molecule has 0 rings (SSSR count). The Morgan fingerprint density at radius 1 is 0.780 bits per heavy atom. The summed E-state index contributed by atoms with van der Waals surface area (Å²) in [5.74, 6) is -0.209. The molecule has 41 heavy (non-hydrogen) atoms. The molecule has 0 heterocycles. The van der Waals surface area contributed by atoms with Gasteiger partial charge in [-0.15, -0.1) is 0 Å². The lowest BCUT2D eigenvalue weighted by atomic mass is 10.1. The maximum Gasteiger partial charge on any atom is 0.472 e. The number of phosphoric acid groups is 1. The summed E-state index contributed by atoms with van der Waals surface area (Å²) in [4.78, 5) is 22.4. The van der Waals surface area contributed by atoms with E-state index in [2.05, 4.69) is 31.3 Å². The first kappa shape index (κ1) is 40.0. The van der Waals surface area contributed by atoms with E-state index in [9.17, 15) is 19.4 Å². The average Bonchev–Trinajstić information content (AvgIpc) is 2.95. The summed E-state index contributed by atoms with van der Waals surface area (Å²) in [6, 6.07) is -0.858. The van der Waals surface area contributed by atoms with Gasteiger partial charge in [-0.3, -0.25) is 13.8 Å². The minimum Gasteiger partial charge on any atom is -0.387 e. The molecule has 0 aromatic heterocycles. The average molecular weight is 603 g/mol. The molecule has 0 aliphatic carbocycles. The number of nitrogens with two attached hydrogens (primary N) is 1. The van der Waals surface area contributed by atoms with Crippen molar-refractivity contribution in [2.75, 3.05) is 19.8 Å². The van der Waals surface area contributed by atoms with Crippen molar-refractivity contribution in [2.24, 2.45) is 5.73 Å². The van der Waals surface area contributed by atoms with E-state index in [1.54, 1.807) is 6.08 Å². The number of aliphatic hydroxyl groups is 1. The number of carbonyl (C=O) groups excluding carboxylic acids is 1. The molecular weight excluding hydrogens is 539 g/mol. The monoisotopic (exact) mass is 602 g/mol. The normalized spacial score (nSPS) is 15.0. The highest BCUT2D eigenvalue weighted by molar-refractivity contribution is 7.47. The van der Waals surface area contributed by atoms with Gasteiger partial charge < -0.3 is 21.1 Å². The highest BCUT2D eigenvalue weighted by Crippen LogP contribution is 2.43. The Kier molecular flexibility index (Phi) is 28.3. The van der Waals surface area contributed by atoms with E-state index in [-0.39, 0.29) is 25.7 Å². The van der Waals surface area contributed by atoms with Crippen LogP contribution in [0.3, 0.4) is 0 Å². The highest BCUT2D eigenvalue weighted by atomic mass is 31.2. The van der Waals surface area contributed by atoms with Crippen LogP contribution in [0.2, 0.25) is 0 Å². The van der Waals surface area contributed by atoms with Crippen molar-refractivity contribution in [2.45, 2.75) is 154 Å². The fourth-order valence-corrected chi connectivity index (χ4v) is 5.24. The molecule has 5 N–H and O–H groups in total. The van der Waals surface area contributed by atoms with Gasteiger partial charge in [0.25, 0.3) is 0 Å². The molecule has 0 aliphatic rings. The Hall–Kier alpha value is -1.02. The molecule has 0 fully saturated rings. The van der Waals surface area contributed by atoms with Gasteiger partial charge in [0.1, 0.15) is 0 Å². The van der Waals surface area contributed by atoms with Crippen molar-refractivity contribution < 1.29 is 28.4 Å². The third kappa shape index (κ3) is 27.6. The number of amides is 1. The SMILES string of the molecule is CCC/C=C\CCCCCCCC(=O)NC(COP(=O)(O)OCCN)C(O)/C=C/CCCCCCCCCCCC. The van der Waals surface area contributed by atoms with E-state index in [1.165, 1.54) is 57.8 Å². The minimum absolute atomic E-state index is 0.0773. The number of allylic oxidation sites excluding steroid dienone is 3. The van der Waals surface area contributed by atoms with Gasteiger partial charge in [0, 0.05) is 13.0 Å². The second kappa shape index (κ2) is 29.1. The molecule has 0 aromatic carbocycles. The number of hydrogen-bond acceptors (Lipinski definition) is 6. The van der Waals surface area contributed by atoms with E-state index in [1.807, 2.05) is 6.08 Å². The Morgan fingerprint density at radius 3 is 1.90 bits per heavy atom. The molecule has 0 spiro atoms. The van der Waals surface area contributed by atoms with Gasteiger partial charge in [0.15, 0.2) is 0 Å². The quantitative estimate of drug-likeness (QED) is 0.0374. The third-order valence-electron chi connectivity index (χ3n) is 7.00. The number of rotatable bonds is 30. The zero-order valence-electron chi connectivity index (χ0n) is 26.3. The van der Waals surface area contributed by atoms with Gasteiger partial charge in [0.05, 0.1) is 25.4 Å². The van der Waals surface area contributed by atoms with Crippen LogP contribution in [0, 0.1) is 0 Å². The van der Waals surface area contributed by atoms with Crippen LogP contribution in [0.5, 0.6) is 0 Å². The van der Waals surface area contributed by atoms with Crippen LogP contribution < -0.4 is 11.1 Å². The van der Waals surface area contributed by atoms with E-state index >= 15 is 0 Å². The molecule has 0 saturated carbocycles. The molecule has 0 bridgehead atoms. The maximum absolute atomic E-state index is 12.6. The Bertz CT molecular complexity index is 704. The summed E-state index contributed by atoms with van der Waals surface area (Å²) in [5.41, 5.74) is 5.33. The number of hydrogen-bond donors (Lipinski definition) is 4. The predicted octanol–water partition coefficient (Wildman–Crippen LogP) is 7.88. The number of phosphoric ester groups is 1. The zero-order chi connectivity index (χ0) is 30.4. The second-order valence-corrected chi connectivity index (χ2v) is 12.5. The summed E-state index contributed by atoms with van der Waals surface area (Å²) in [5, 5.41) is 13.5. The van der Waals surface area contributed by atoms with E-state index in [4.69, 9.17) is 14.8 Å². The van der Waals surface area contributed by atoms with Crippen LogP contribution in [0.4, 0.5) is 0 Å². The third-order valence-corrected chi connectivity index (χ3v) is 7.99. The van der Waals surface area contributed by atoms with Gasteiger partial charge in [-0.2, -0.15) is 0 Å². The first-order valence-corrected chi connectivity index (χ1v) is 18.0. The number of aliphatic hydroxyl groups excluding tert-OH is 1. The molecule has 0 saturated heterocycles. The van der Waals surface area contributed by atoms with Crippen molar-refractivity contribution in [1.29, 1.82) is 0 Å². The largest absolute Gasteiger partial charge is 0.472 e. The lowest BCUT2D eigenvalue weighted by Crippen LogP contribution is -2.45. The fraction of sp³-hybridized carbons (Fsp3) is 0.844. The molecular formula is C32H63N2O6P. The zero-order valence-corrected chi connectivity index (χ0v) is 27.2. The first-order chi connectivity index (χ1) is 19.9. The van der Waals surface area contributed by atoms with Gasteiger partial charge in [0.2, 0.25) is 5.91 Å². The van der Waals surface area contributed by atoms with Crippen LogP contribution in [0.25, 0.3) is 0 Å². The van der Waals surface area contributed by atoms with Crippen LogP contribution >= 0.6 is 7.82 Å². The molecule has 242 valence electrons. The summed E-state index contributed by atoms with van der Waals surface area (Å²) >= 11 is 0. The topological polar surface area (TPSA) is 131 Å². The lowest BCUT2D eigenvalue weighted by molar-refractivity contribution is -0.123. The van der Waals surface area contributed by atoms with E-state index < -0.39 is 20.0 Å². The van der Waals surface area contributed by atoms with Crippen molar-refractivity contribution >= 4 is 13.7 Å². The van der Waals surface area contributed by atoms with Crippen LogP contribution in [-0.2, 0) is 18.4 Å². The van der Waals surface area contributed by atoms with Gasteiger partial charge in [-0.25, -0.2) is 4.57 Å². The Morgan fingerprint density at radius 2 is 1.32 bits per heavy atom. The number of carbonyl (C=O) groups is 1. The molecule has 1 amide bonds. The maximum atomic E-state index is 12.6. The van der Waals surface area contributed by atoms with Crippen molar-refractivity contribution in [3.05, 3.63) is 24.3 Å². The summed E-state index contributed by atoms with van der Waals surface area (Å²) in [7, 11) is -4.32. The lowest BCUT2D eigenvalue weighted by Gasteiger charge is -2.23. The first-order valence-electron chi connectivity index (χ1n) is 16.5. The molecule has 0 aromatic rings. The van der Waals surface area contributed by atoms with Gasteiger partial charge in [-0.05, 0) is 38.5 Å². The molecule has 3 atom stereocenters. The predicted molar refractivity (Wildman–Crippen MR) is 171 cm³/mol. The van der Waals surface area contributed by atoms with Crippen LogP contribution in [0.1, 0.15) is 142 Å². The summed E-state index contributed by atoms with van der Waals surface area (Å²) in [6.07, 6.45) is 29.4. The van der Waals surface area contributed by atoms with Crippen LogP contribution in [-0.4, -0.2) is 47.8 Å². The molecule has 0 radical (unpaired) electrons. The van der Waals surface area contributed by atoms with Gasteiger partial charge >= 0.3 is 7.82 Å². The molecule has 9 heteroatoms. The number of nitrogens with one attached hydrogen (secondary N) is 1. The summed E-state index contributed by atoms with van der Waals surface area (Å²) < 4.78 is 21.9. The van der Waals surface area contributed by atoms with E-state index in [0.717, 1.165) is 64.2 Å². The molecule has 0 aliphatic heterocycles. The van der Waals surface area contributed by atoms with Crippen molar-refractivity contribution in [1.82, 2.24) is 5.32 Å². The fourth-order valence-electron chi connectivity index (χ4n) is 4.48. The Balaban J connectivity index is 4.44. The Labute approximate surface area is 251 Å². The molecule has 3 unspecified atom stereocenters. The van der Waals surface area contributed by atoms with E-state index in [0.29, 0.717) is 6.42 Å². The van der Waals surface area contributed by atoms with Crippen molar-refractivity contribution in [3.63, 3.8) is 0 Å². The summed E-state index contributed by atoms with van der Waals surface area (Å²) in [6.45, 7) is 4.02. The van der Waals surface area contributed by atoms with Gasteiger partial charge in [-0.1, -0.05) is 122 Å². The highest BCUT2D eigenvalue weighted by Gasteiger charge is 2.26. The second-order valence-electron chi connectivity index (χ2n) is 11.0. The number of unbranched alkanes of at least 4 members (excludes halogenated alkanes) is 16. The van der Waals surface area contributed by atoms with Crippen molar-refractivity contribution in [3.8, 4) is 0 Å². The molecule has 8 nitrogen and oxygen atoms in total. The smallest absolute Gasteiger partial charge is 0.387 e. The standard InChI is InChI=1S/C32H63N2O6P/c1-3-5-7-9-11-13-15-16-17-19-21-23-25-31(35)30(29-40-41(37,38)39-28-27-33)34-32(36)26-24-22-20-18-14-12-10-8-6-4-2/h8,10,23,25,30-31,35H,3-7,9,11-22,24,26-29,33H2,1-2H3,(H,34,36)(H,37,38)/b10-8-,25-23+. The van der Waals surface area contributed by atoms with Crippen LogP contribution in [0.15, 0.2) is 24.3 Å².